The van der Waals surface area contributed by atoms with Crippen LogP contribution >= 0.6 is 0 Å². The van der Waals surface area contributed by atoms with Crippen LogP contribution in [0, 0.1) is 0 Å². The first-order valence-electron chi connectivity index (χ1n) is 8.38. The van der Waals surface area contributed by atoms with Gasteiger partial charge in [-0.2, -0.15) is 0 Å². The Hall–Kier alpha value is -3.16. The van der Waals surface area contributed by atoms with E-state index in [9.17, 15) is 4.79 Å². The van der Waals surface area contributed by atoms with Gasteiger partial charge in [0.2, 0.25) is 5.91 Å². The molecule has 0 unspecified atom stereocenters. The molecule has 1 aromatic heterocycles. The molecule has 0 atom stereocenters. The van der Waals surface area contributed by atoms with E-state index in [-0.39, 0.29) is 18.4 Å². The van der Waals surface area contributed by atoms with Crippen molar-refractivity contribution in [3.8, 4) is 11.5 Å². The molecule has 140 valence electrons. The van der Waals surface area contributed by atoms with Crippen LogP contribution in [0.3, 0.4) is 0 Å². The van der Waals surface area contributed by atoms with Crippen molar-refractivity contribution in [3.05, 3.63) is 42.4 Å². The minimum Gasteiger partial charge on any atom is -0.494 e. The van der Waals surface area contributed by atoms with Gasteiger partial charge in [0.15, 0.2) is 5.96 Å². The fourth-order valence-electron chi connectivity index (χ4n) is 2.13. The number of amides is 1. The van der Waals surface area contributed by atoms with Crippen molar-refractivity contribution in [2.45, 2.75) is 20.4 Å². The van der Waals surface area contributed by atoms with Crippen LogP contribution < -0.4 is 25.8 Å². The van der Waals surface area contributed by atoms with Gasteiger partial charge in [0, 0.05) is 6.07 Å². The quantitative estimate of drug-likeness (QED) is 0.467. The number of anilines is 1. The van der Waals surface area contributed by atoms with E-state index in [4.69, 9.17) is 19.6 Å². The monoisotopic (exact) mass is 360 g/mol. The molecule has 26 heavy (non-hydrogen) atoms. The van der Waals surface area contributed by atoms with Crippen LogP contribution in [0.5, 0.6) is 11.5 Å². The van der Waals surface area contributed by atoms with Gasteiger partial charge in [0.05, 0.1) is 31.7 Å². The first kappa shape index (κ1) is 19.2. The summed E-state index contributed by atoms with van der Waals surface area (Å²) in [6.45, 7) is 5.05. The summed E-state index contributed by atoms with van der Waals surface area (Å²) in [4.78, 5) is 15.9. The molecule has 1 aromatic carbocycles. The maximum absolute atomic E-state index is 11.8. The summed E-state index contributed by atoms with van der Waals surface area (Å²) in [7, 11) is 0. The molecule has 1 amide bonds. The van der Waals surface area contributed by atoms with Gasteiger partial charge >= 0.3 is 0 Å². The van der Waals surface area contributed by atoms with Crippen molar-refractivity contribution in [1.82, 2.24) is 5.32 Å². The Morgan fingerprint density at radius 1 is 1.23 bits per heavy atom. The van der Waals surface area contributed by atoms with Crippen LogP contribution in [-0.2, 0) is 11.3 Å². The minimum atomic E-state index is -0.265. The van der Waals surface area contributed by atoms with Gasteiger partial charge in [-0.25, -0.2) is 4.99 Å². The standard InChI is InChI=1S/C18H24N4O4/c1-3-24-13-7-8-16(25-4-2)15(10-13)22-18(19)21-12-17(23)20-11-14-6-5-9-26-14/h5-10H,3-4,11-12H2,1-2H3,(H,20,23)(H3,19,21,22). The third kappa shape index (κ3) is 6.04. The molecule has 0 aliphatic carbocycles. The molecule has 8 nitrogen and oxygen atoms in total. The molecule has 0 saturated heterocycles. The molecule has 2 rings (SSSR count). The van der Waals surface area contributed by atoms with Gasteiger partial charge in [0.1, 0.15) is 23.8 Å². The van der Waals surface area contributed by atoms with Crippen LogP contribution in [0.4, 0.5) is 5.69 Å². The number of carbonyl (C=O) groups is 1. The lowest BCUT2D eigenvalue weighted by atomic mass is 10.2. The summed E-state index contributed by atoms with van der Waals surface area (Å²) in [6, 6.07) is 8.91. The molecular formula is C18H24N4O4. The number of carbonyl (C=O) groups excluding carboxylic acids is 1. The smallest absolute Gasteiger partial charge is 0.242 e. The number of nitrogens with two attached hydrogens (primary N) is 1. The van der Waals surface area contributed by atoms with Gasteiger partial charge < -0.3 is 30.3 Å². The number of ether oxygens (including phenoxy) is 2. The van der Waals surface area contributed by atoms with Crippen LogP contribution in [-0.4, -0.2) is 31.6 Å². The second kappa shape index (κ2) is 9.97. The molecule has 0 bridgehead atoms. The maximum atomic E-state index is 11.8. The Labute approximate surface area is 152 Å². The lowest BCUT2D eigenvalue weighted by molar-refractivity contribution is -0.119. The molecule has 0 saturated carbocycles. The number of guanidine groups is 1. The highest BCUT2D eigenvalue weighted by Crippen LogP contribution is 2.29. The Bertz CT molecular complexity index is 729. The van der Waals surface area contributed by atoms with Crippen molar-refractivity contribution >= 4 is 17.6 Å². The summed E-state index contributed by atoms with van der Waals surface area (Å²) >= 11 is 0. The van der Waals surface area contributed by atoms with E-state index in [0.717, 1.165) is 0 Å². The first-order chi connectivity index (χ1) is 12.6. The molecule has 0 aliphatic rings. The molecule has 0 fully saturated rings. The average molecular weight is 360 g/mol. The summed E-state index contributed by atoms with van der Waals surface area (Å²) in [5, 5.41) is 5.64. The second-order valence-electron chi connectivity index (χ2n) is 5.21. The number of rotatable bonds is 9. The van der Waals surface area contributed by atoms with E-state index < -0.39 is 0 Å². The highest BCUT2D eigenvalue weighted by molar-refractivity contribution is 5.95. The van der Waals surface area contributed by atoms with Crippen molar-refractivity contribution in [3.63, 3.8) is 0 Å². The predicted molar refractivity (Wildman–Crippen MR) is 99.4 cm³/mol. The molecule has 1 heterocycles. The normalized spacial score (nSPS) is 11.1. The number of hydrogen-bond acceptors (Lipinski definition) is 5. The van der Waals surface area contributed by atoms with Gasteiger partial charge in [-0.1, -0.05) is 0 Å². The third-order valence-electron chi connectivity index (χ3n) is 3.26. The van der Waals surface area contributed by atoms with E-state index in [1.807, 2.05) is 19.9 Å². The average Bonchev–Trinajstić information content (AvgIpc) is 3.14. The number of furan rings is 1. The van der Waals surface area contributed by atoms with Crippen molar-refractivity contribution in [2.24, 2.45) is 10.7 Å². The molecule has 2 aromatic rings. The largest absolute Gasteiger partial charge is 0.494 e. The number of hydrogen-bond donors (Lipinski definition) is 3. The highest BCUT2D eigenvalue weighted by atomic mass is 16.5. The van der Waals surface area contributed by atoms with Gasteiger partial charge in [-0.05, 0) is 38.1 Å². The van der Waals surface area contributed by atoms with Crippen molar-refractivity contribution in [2.75, 3.05) is 25.1 Å². The topological polar surface area (TPSA) is 111 Å². The maximum Gasteiger partial charge on any atom is 0.242 e. The molecule has 8 heteroatoms. The van der Waals surface area contributed by atoms with Crippen LogP contribution in [0.2, 0.25) is 0 Å². The SMILES string of the molecule is CCOc1ccc(OCC)c(NC(N)=NCC(=O)NCc2ccco2)c1. The van der Waals surface area contributed by atoms with E-state index in [1.165, 1.54) is 0 Å². The summed E-state index contributed by atoms with van der Waals surface area (Å²) in [5.74, 6) is 1.81. The first-order valence-corrected chi connectivity index (χ1v) is 8.38. The van der Waals surface area contributed by atoms with E-state index in [1.54, 1.807) is 30.5 Å². The molecule has 4 N–H and O–H groups in total. The van der Waals surface area contributed by atoms with Crippen LogP contribution in [0.15, 0.2) is 46.0 Å². The lowest BCUT2D eigenvalue weighted by Gasteiger charge is -2.14. The van der Waals surface area contributed by atoms with Gasteiger partial charge in [0.25, 0.3) is 0 Å². The molecule has 0 radical (unpaired) electrons. The third-order valence-corrected chi connectivity index (χ3v) is 3.26. The Balaban J connectivity index is 1.94. The Morgan fingerprint density at radius 3 is 2.73 bits per heavy atom. The summed E-state index contributed by atoms with van der Waals surface area (Å²) in [6.07, 6.45) is 1.55. The fraction of sp³-hybridized carbons (Fsp3) is 0.333. The van der Waals surface area contributed by atoms with Gasteiger partial charge in [-0.15, -0.1) is 0 Å². The second-order valence-corrected chi connectivity index (χ2v) is 5.21. The van der Waals surface area contributed by atoms with E-state index >= 15 is 0 Å². The highest BCUT2D eigenvalue weighted by Gasteiger charge is 2.08. The minimum absolute atomic E-state index is 0.103. The zero-order valence-corrected chi connectivity index (χ0v) is 15.0. The van der Waals surface area contributed by atoms with Crippen molar-refractivity contribution < 1.29 is 18.7 Å². The predicted octanol–water partition coefficient (Wildman–Crippen LogP) is 2.12. The van der Waals surface area contributed by atoms with E-state index in [2.05, 4.69) is 15.6 Å². The van der Waals surface area contributed by atoms with E-state index in [0.29, 0.717) is 42.7 Å². The fourth-order valence-corrected chi connectivity index (χ4v) is 2.13. The summed E-state index contributed by atoms with van der Waals surface area (Å²) in [5.41, 5.74) is 6.50. The number of nitrogens with one attached hydrogen (secondary N) is 2. The number of nitrogens with zero attached hydrogens (tertiary/aromatic N) is 1. The molecule has 0 aliphatic heterocycles. The van der Waals surface area contributed by atoms with Gasteiger partial charge in [-0.3, -0.25) is 4.79 Å². The number of aliphatic imine (C=N–C) groups is 1. The molecule has 0 spiro atoms. The zero-order valence-electron chi connectivity index (χ0n) is 15.0. The Kier molecular flexibility index (Phi) is 7.35. The molecular weight excluding hydrogens is 336 g/mol. The lowest BCUT2D eigenvalue weighted by Crippen LogP contribution is -2.29. The Morgan fingerprint density at radius 2 is 2.04 bits per heavy atom. The number of benzene rings is 1. The summed E-state index contributed by atoms with van der Waals surface area (Å²) < 4.78 is 16.2. The zero-order chi connectivity index (χ0) is 18.8. The van der Waals surface area contributed by atoms with Crippen LogP contribution in [0.25, 0.3) is 0 Å². The van der Waals surface area contributed by atoms with Crippen LogP contribution in [0.1, 0.15) is 19.6 Å². The van der Waals surface area contributed by atoms with Crippen molar-refractivity contribution in [1.29, 1.82) is 0 Å².